The quantitative estimate of drug-likeness (QED) is 0.763. The molecule has 2 saturated heterocycles. The second-order valence-corrected chi connectivity index (χ2v) is 5.23. The molecule has 0 aliphatic carbocycles. The average molecular weight is 226 g/mol. The molecule has 2 heterocycles. The monoisotopic (exact) mass is 226 g/mol. The van der Waals surface area contributed by atoms with Crippen molar-refractivity contribution in [2.24, 2.45) is 0 Å². The Kier molecular flexibility index (Phi) is 3.50. The topological polar surface area (TPSA) is 43.8 Å². The van der Waals surface area contributed by atoms with Gasteiger partial charge in [-0.1, -0.05) is 12.8 Å². The van der Waals surface area contributed by atoms with Crippen LogP contribution < -0.4 is 0 Å². The van der Waals surface area contributed by atoms with E-state index in [1.807, 2.05) is 7.05 Å². The normalized spacial score (nSPS) is 33.8. The van der Waals surface area contributed by atoms with Gasteiger partial charge in [0.05, 0.1) is 0 Å². The second-order valence-electron chi connectivity index (χ2n) is 5.23. The van der Waals surface area contributed by atoms with Crippen LogP contribution in [0.4, 0.5) is 0 Å². The third kappa shape index (κ3) is 2.09. The van der Waals surface area contributed by atoms with Gasteiger partial charge in [-0.3, -0.25) is 9.69 Å². The molecular formula is C12H22N2O2. The third-order valence-corrected chi connectivity index (χ3v) is 4.05. The van der Waals surface area contributed by atoms with E-state index in [-0.39, 0.29) is 0 Å². The lowest BCUT2D eigenvalue weighted by atomic mass is 9.95. The number of nitrogens with zero attached hydrogens (tertiary/aromatic N) is 2. The van der Waals surface area contributed by atoms with Crippen LogP contribution in [0.1, 0.15) is 32.1 Å². The van der Waals surface area contributed by atoms with E-state index in [1.54, 1.807) is 0 Å². The summed E-state index contributed by atoms with van der Waals surface area (Å²) in [7, 11) is 2.02. The largest absolute Gasteiger partial charge is 0.480 e. The molecule has 16 heavy (non-hydrogen) atoms. The highest BCUT2D eigenvalue weighted by Gasteiger charge is 2.48. The summed E-state index contributed by atoms with van der Waals surface area (Å²) in [5, 5.41) is 9.56. The summed E-state index contributed by atoms with van der Waals surface area (Å²) in [6.45, 7) is 3.51. The predicted molar refractivity (Wildman–Crippen MR) is 62.5 cm³/mol. The number of carbonyl (C=O) groups is 1. The summed E-state index contributed by atoms with van der Waals surface area (Å²) < 4.78 is 0. The number of aliphatic carboxylic acids is 1. The van der Waals surface area contributed by atoms with Gasteiger partial charge < -0.3 is 10.0 Å². The van der Waals surface area contributed by atoms with Crippen molar-refractivity contribution in [2.45, 2.75) is 37.6 Å². The number of carboxylic acids is 1. The lowest BCUT2D eigenvalue weighted by Gasteiger charge is -2.37. The van der Waals surface area contributed by atoms with Crippen molar-refractivity contribution < 1.29 is 9.90 Å². The molecule has 2 fully saturated rings. The molecule has 4 nitrogen and oxygen atoms in total. The lowest BCUT2D eigenvalue weighted by Crippen LogP contribution is -2.56. The molecule has 2 aliphatic heterocycles. The maximum Gasteiger partial charge on any atom is 0.325 e. The van der Waals surface area contributed by atoms with E-state index in [9.17, 15) is 9.90 Å². The standard InChI is InChI=1S/C12H22N2O2/c1-13-9-6-12(10-13,11(15)16)14-7-4-2-3-5-8-14/h2-10H2,1H3,(H,15,16). The number of hydrogen-bond acceptors (Lipinski definition) is 3. The SMILES string of the molecule is CN1CCC(C(=O)O)(N2CCCCCC2)C1. The number of rotatable bonds is 2. The minimum Gasteiger partial charge on any atom is -0.480 e. The first-order valence-corrected chi connectivity index (χ1v) is 6.32. The summed E-state index contributed by atoms with van der Waals surface area (Å²) in [4.78, 5) is 16.0. The minimum absolute atomic E-state index is 0.598. The molecule has 0 aromatic rings. The van der Waals surface area contributed by atoms with Crippen LogP contribution in [0, 0.1) is 0 Å². The summed E-state index contributed by atoms with van der Waals surface area (Å²) in [5.41, 5.74) is -0.598. The Morgan fingerprint density at radius 1 is 1.12 bits per heavy atom. The zero-order valence-corrected chi connectivity index (χ0v) is 10.1. The highest BCUT2D eigenvalue weighted by atomic mass is 16.4. The van der Waals surface area contributed by atoms with Crippen molar-refractivity contribution in [3.8, 4) is 0 Å². The Balaban J connectivity index is 2.14. The minimum atomic E-state index is -0.626. The fourth-order valence-corrected chi connectivity index (χ4v) is 3.05. The zero-order valence-electron chi connectivity index (χ0n) is 10.1. The van der Waals surface area contributed by atoms with Gasteiger partial charge in [0.15, 0.2) is 0 Å². The van der Waals surface area contributed by atoms with Gasteiger partial charge in [-0.05, 0) is 39.4 Å². The van der Waals surface area contributed by atoms with Crippen LogP contribution in [0.3, 0.4) is 0 Å². The Morgan fingerprint density at radius 2 is 1.75 bits per heavy atom. The van der Waals surface area contributed by atoms with Crippen molar-refractivity contribution in [2.75, 3.05) is 33.2 Å². The smallest absolute Gasteiger partial charge is 0.325 e. The van der Waals surface area contributed by atoms with Crippen molar-refractivity contribution in [3.05, 3.63) is 0 Å². The van der Waals surface area contributed by atoms with Crippen molar-refractivity contribution in [1.29, 1.82) is 0 Å². The van der Waals surface area contributed by atoms with Gasteiger partial charge in [-0.25, -0.2) is 0 Å². The van der Waals surface area contributed by atoms with Gasteiger partial charge in [-0.2, -0.15) is 0 Å². The van der Waals surface area contributed by atoms with E-state index >= 15 is 0 Å². The molecule has 2 aliphatic rings. The van der Waals surface area contributed by atoms with Crippen LogP contribution >= 0.6 is 0 Å². The lowest BCUT2D eigenvalue weighted by molar-refractivity contribution is -0.150. The maximum absolute atomic E-state index is 11.6. The molecule has 0 aromatic carbocycles. The molecule has 0 aromatic heterocycles. The molecule has 4 heteroatoms. The number of hydrogen-bond donors (Lipinski definition) is 1. The summed E-state index contributed by atoms with van der Waals surface area (Å²) in [6.07, 6.45) is 5.58. The highest BCUT2D eigenvalue weighted by molar-refractivity contribution is 5.79. The second kappa shape index (κ2) is 4.72. The molecule has 0 amide bonds. The molecule has 0 bridgehead atoms. The molecule has 92 valence electrons. The van der Waals surface area contributed by atoms with Gasteiger partial charge in [0.2, 0.25) is 0 Å². The third-order valence-electron chi connectivity index (χ3n) is 4.05. The van der Waals surface area contributed by atoms with E-state index < -0.39 is 11.5 Å². The van der Waals surface area contributed by atoms with E-state index in [0.717, 1.165) is 38.9 Å². The Labute approximate surface area is 97.2 Å². The molecular weight excluding hydrogens is 204 g/mol. The Morgan fingerprint density at radius 3 is 2.19 bits per heavy atom. The maximum atomic E-state index is 11.6. The van der Waals surface area contributed by atoms with Gasteiger partial charge in [0.25, 0.3) is 0 Å². The molecule has 0 saturated carbocycles. The first-order valence-electron chi connectivity index (χ1n) is 6.32. The van der Waals surface area contributed by atoms with Gasteiger partial charge >= 0.3 is 5.97 Å². The average Bonchev–Trinajstić information content (AvgIpc) is 2.51. The Bertz CT molecular complexity index is 262. The highest BCUT2D eigenvalue weighted by Crippen LogP contribution is 2.30. The van der Waals surface area contributed by atoms with E-state index in [4.69, 9.17) is 0 Å². The van der Waals surface area contributed by atoms with Crippen molar-refractivity contribution >= 4 is 5.97 Å². The van der Waals surface area contributed by atoms with Crippen LogP contribution in [0.25, 0.3) is 0 Å². The number of likely N-dealkylation sites (N-methyl/N-ethyl adjacent to an activating group) is 1. The van der Waals surface area contributed by atoms with Gasteiger partial charge in [0.1, 0.15) is 5.54 Å². The molecule has 0 spiro atoms. The van der Waals surface area contributed by atoms with Crippen LogP contribution in [0.15, 0.2) is 0 Å². The van der Waals surface area contributed by atoms with Crippen LogP contribution in [-0.2, 0) is 4.79 Å². The van der Waals surface area contributed by atoms with Gasteiger partial charge in [0, 0.05) is 13.1 Å². The number of carboxylic acid groups (broad SMARTS) is 1. The van der Waals surface area contributed by atoms with E-state index in [0.29, 0.717) is 6.54 Å². The first kappa shape index (κ1) is 11.9. The van der Waals surface area contributed by atoms with E-state index in [1.165, 1.54) is 12.8 Å². The fraction of sp³-hybridized carbons (Fsp3) is 0.917. The molecule has 1 atom stereocenters. The van der Waals surface area contributed by atoms with Crippen LogP contribution in [0.2, 0.25) is 0 Å². The van der Waals surface area contributed by atoms with Crippen LogP contribution in [-0.4, -0.2) is 59.6 Å². The van der Waals surface area contributed by atoms with Crippen molar-refractivity contribution in [3.63, 3.8) is 0 Å². The molecule has 0 radical (unpaired) electrons. The summed E-state index contributed by atoms with van der Waals surface area (Å²) >= 11 is 0. The van der Waals surface area contributed by atoms with E-state index in [2.05, 4.69) is 9.80 Å². The Hall–Kier alpha value is -0.610. The fourth-order valence-electron chi connectivity index (χ4n) is 3.05. The number of likely N-dealkylation sites (tertiary alicyclic amines) is 2. The molecule has 1 unspecified atom stereocenters. The van der Waals surface area contributed by atoms with Gasteiger partial charge in [-0.15, -0.1) is 0 Å². The molecule has 1 N–H and O–H groups in total. The summed E-state index contributed by atoms with van der Waals surface area (Å²) in [5.74, 6) is -0.626. The van der Waals surface area contributed by atoms with Crippen molar-refractivity contribution in [1.82, 2.24) is 9.80 Å². The zero-order chi connectivity index (χ0) is 11.6. The molecule has 2 rings (SSSR count). The predicted octanol–water partition coefficient (Wildman–Crippen LogP) is 1.02. The van der Waals surface area contributed by atoms with Crippen LogP contribution in [0.5, 0.6) is 0 Å². The first-order chi connectivity index (χ1) is 7.65. The summed E-state index contributed by atoms with van der Waals surface area (Å²) in [6, 6.07) is 0.